The number of halogens is 1. The first kappa shape index (κ1) is 14.7. The maximum Gasteiger partial charge on any atom is 0.0857 e. The third-order valence-electron chi connectivity index (χ3n) is 2.99. The summed E-state index contributed by atoms with van der Waals surface area (Å²) < 4.78 is 8.17. The van der Waals surface area contributed by atoms with Crippen LogP contribution in [0, 0.1) is 6.92 Å². The van der Waals surface area contributed by atoms with E-state index >= 15 is 0 Å². The Morgan fingerprint density at radius 3 is 2.59 bits per heavy atom. The number of ether oxygens (including phenoxy) is 1. The molecule has 0 saturated heterocycles. The van der Waals surface area contributed by atoms with Gasteiger partial charge in [-0.1, -0.05) is 6.92 Å². The summed E-state index contributed by atoms with van der Waals surface area (Å²) in [5.74, 6) is 0. The summed E-state index contributed by atoms with van der Waals surface area (Å²) in [7, 11) is 1.63. The quantitative estimate of drug-likeness (QED) is 0.877. The second-order valence-corrected chi connectivity index (χ2v) is 4.91. The first-order valence-electron chi connectivity index (χ1n) is 5.97. The number of aliphatic hydroxyl groups is 1. The molecule has 1 rings (SSSR count). The average molecular weight is 305 g/mol. The molecular weight excluding hydrogens is 284 g/mol. The molecule has 5 heteroatoms. The average Bonchev–Trinajstić information content (AvgIpc) is 2.58. The van der Waals surface area contributed by atoms with Crippen LogP contribution in [0.5, 0.6) is 0 Å². The highest BCUT2D eigenvalue weighted by Crippen LogP contribution is 2.23. The van der Waals surface area contributed by atoms with E-state index in [9.17, 15) is 5.11 Å². The van der Waals surface area contributed by atoms with Crippen molar-refractivity contribution in [3.8, 4) is 0 Å². The van der Waals surface area contributed by atoms with Gasteiger partial charge in [0.05, 0.1) is 28.1 Å². The molecule has 2 atom stereocenters. The highest BCUT2D eigenvalue weighted by molar-refractivity contribution is 9.10. The van der Waals surface area contributed by atoms with Gasteiger partial charge in [-0.15, -0.1) is 0 Å². The zero-order valence-electron chi connectivity index (χ0n) is 10.9. The monoisotopic (exact) mass is 304 g/mol. The number of rotatable bonds is 6. The summed E-state index contributed by atoms with van der Waals surface area (Å²) in [6.07, 6.45) is 0.737. The van der Waals surface area contributed by atoms with E-state index in [1.54, 1.807) is 7.11 Å². The van der Waals surface area contributed by atoms with Crippen molar-refractivity contribution in [3.05, 3.63) is 15.9 Å². The van der Waals surface area contributed by atoms with Gasteiger partial charge in [0.25, 0.3) is 0 Å². The minimum atomic E-state index is -0.498. The van der Waals surface area contributed by atoms with Crippen molar-refractivity contribution in [2.45, 2.75) is 52.4 Å². The van der Waals surface area contributed by atoms with Gasteiger partial charge in [0.15, 0.2) is 0 Å². The summed E-state index contributed by atoms with van der Waals surface area (Å²) in [4.78, 5) is 0. The van der Waals surface area contributed by atoms with Crippen LogP contribution in [-0.4, -0.2) is 34.2 Å². The van der Waals surface area contributed by atoms with Crippen LogP contribution in [0.25, 0.3) is 0 Å². The van der Waals surface area contributed by atoms with Crippen LogP contribution >= 0.6 is 15.9 Å². The second kappa shape index (κ2) is 6.52. The molecule has 1 aromatic rings. The largest absolute Gasteiger partial charge is 0.390 e. The molecule has 0 radical (unpaired) electrons. The van der Waals surface area contributed by atoms with Crippen LogP contribution in [0.4, 0.5) is 0 Å². The smallest absolute Gasteiger partial charge is 0.0857 e. The predicted octanol–water partition coefficient (Wildman–Crippen LogP) is 2.30. The molecule has 4 nitrogen and oxygen atoms in total. The van der Waals surface area contributed by atoms with Gasteiger partial charge in [-0.3, -0.25) is 4.68 Å². The van der Waals surface area contributed by atoms with Crippen molar-refractivity contribution < 1.29 is 9.84 Å². The third-order valence-corrected chi connectivity index (χ3v) is 4.02. The Morgan fingerprint density at radius 2 is 2.12 bits per heavy atom. The number of hydrogen-bond acceptors (Lipinski definition) is 3. The second-order valence-electron chi connectivity index (χ2n) is 4.12. The van der Waals surface area contributed by atoms with Crippen LogP contribution in [0.15, 0.2) is 4.47 Å². The zero-order chi connectivity index (χ0) is 13.0. The Labute approximate surface area is 111 Å². The van der Waals surface area contributed by atoms with Crippen LogP contribution in [0.1, 0.15) is 31.7 Å². The van der Waals surface area contributed by atoms with E-state index in [0.29, 0.717) is 6.42 Å². The SMILES string of the molecule is CCC(OC)C(O)Cc1c(Br)c(C)nn1CC. The van der Waals surface area contributed by atoms with Crippen molar-refractivity contribution in [1.29, 1.82) is 0 Å². The lowest BCUT2D eigenvalue weighted by Crippen LogP contribution is -2.30. The lowest BCUT2D eigenvalue weighted by molar-refractivity contribution is -0.0137. The Bertz CT molecular complexity index is 362. The lowest BCUT2D eigenvalue weighted by Gasteiger charge is -2.20. The first-order valence-corrected chi connectivity index (χ1v) is 6.77. The van der Waals surface area contributed by atoms with E-state index in [1.807, 2.05) is 25.5 Å². The highest BCUT2D eigenvalue weighted by Gasteiger charge is 2.21. The van der Waals surface area contributed by atoms with Crippen LogP contribution in [0.2, 0.25) is 0 Å². The van der Waals surface area contributed by atoms with Crippen molar-refractivity contribution in [3.63, 3.8) is 0 Å². The minimum absolute atomic E-state index is 0.123. The molecule has 0 amide bonds. The van der Waals surface area contributed by atoms with Gasteiger partial charge < -0.3 is 9.84 Å². The standard InChI is InChI=1S/C12H21BrN2O2/c1-5-11(17-4)10(16)7-9-12(13)8(3)14-15(9)6-2/h10-11,16H,5-7H2,1-4H3. The molecule has 1 heterocycles. The van der Waals surface area contributed by atoms with Gasteiger partial charge in [0.1, 0.15) is 0 Å². The first-order chi connectivity index (χ1) is 8.04. The van der Waals surface area contributed by atoms with E-state index in [0.717, 1.165) is 28.8 Å². The van der Waals surface area contributed by atoms with Gasteiger partial charge >= 0.3 is 0 Å². The fourth-order valence-electron chi connectivity index (χ4n) is 1.99. The number of hydrogen-bond donors (Lipinski definition) is 1. The number of aliphatic hydroxyl groups excluding tert-OH is 1. The summed E-state index contributed by atoms with van der Waals surface area (Å²) in [6, 6.07) is 0. The fraction of sp³-hybridized carbons (Fsp3) is 0.750. The number of methoxy groups -OCH3 is 1. The molecule has 2 unspecified atom stereocenters. The zero-order valence-corrected chi connectivity index (χ0v) is 12.5. The lowest BCUT2D eigenvalue weighted by atomic mass is 10.1. The van der Waals surface area contributed by atoms with E-state index < -0.39 is 6.10 Å². The van der Waals surface area contributed by atoms with Crippen molar-refractivity contribution >= 4 is 15.9 Å². The van der Waals surface area contributed by atoms with Crippen molar-refractivity contribution in [2.75, 3.05) is 7.11 Å². The van der Waals surface area contributed by atoms with Crippen LogP contribution in [0.3, 0.4) is 0 Å². The maximum absolute atomic E-state index is 10.1. The van der Waals surface area contributed by atoms with Gasteiger partial charge in [0.2, 0.25) is 0 Å². The van der Waals surface area contributed by atoms with E-state index in [4.69, 9.17) is 4.74 Å². The number of nitrogens with zero attached hydrogens (tertiary/aromatic N) is 2. The number of aromatic nitrogens is 2. The molecule has 1 N–H and O–H groups in total. The molecule has 1 aromatic heterocycles. The molecule has 0 bridgehead atoms. The van der Waals surface area contributed by atoms with Gasteiger partial charge in [0, 0.05) is 20.1 Å². The normalized spacial score (nSPS) is 14.9. The molecule has 0 aromatic carbocycles. The molecular formula is C12H21BrN2O2. The topological polar surface area (TPSA) is 47.3 Å². The van der Waals surface area contributed by atoms with Crippen LogP contribution in [-0.2, 0) is 17.7 Å². The molecule has 0 fully saturated rings. The molecule has 17 heavy (non-hydrogen) atoms. The highest BCUT2D eigenvalue weighted by atomic mass is 79.9. The van der Waals surface area contributed by atoms with Gasteiger partial charge in [-0.2, -0.15) is 5.10 Å². The molecule has 0 aliphatic rings. The Balaban J connectivity index is 2.86. The summed E-state index contributed by atoms with van der Waals surface area (Å²) in [5.41, 5.74) is 1.99. The molecule has 0 aliphatic carbocycles. The minimum Gasteiger partial charge on any atom is -0.390 e. The van der Waals surface area contributed by atoms with Crippen LogP contribution < -0.4 is 0 Å². The van der Waals surface area contributed by atoms with E-state index in [-0.39, 0.29) is 6.10 Å². The maximum atomic E-state index is 10.1. The van der Waals surface area contributed by atoms with Crippen molar-refractivity contribution in [2.24, 2.45) is 0 Å². The Kier molecular flexibility index (Phi) is 5.62. The Hall–Kier alpha value is -0.390. The van der Waals surface area contributed by atoms with Gasteiger partial charge in [-0.25, -0.2) is 0 Å². The van der Waals surface area contributed by atoms with E-state index in [1.165, 1.54) is 0 Å². The molecule has 0 spiro atoms. The Morgan fingerprint density at radius 1 is 1.47 bits per heavy atom. The number of aryl methyl sites for hydroxylation is 2. The third kappa shape index (κ3) is 3.30. The summed E-state index contributed by atoms with van der Waals surface area (Å²) in [6.45, 7) is 6.81. The molecule has 98 valence electrons. The molecule has 0 saturated carbocycles. The summed E-state index contributed by atoms with van der Waals surface area (Å²) >= 11 is 3.53. The summed E-state index contributed by atoms with van der Waals surface area (Å²) in [5, 5.41) is 14.5. The fourth-order valence-corrected chi connectivity index (χ4v) is 2.44. The van der Waals surface area contributed by atoms with Gasteiger partial charge in [-0.05, 0) is 36.2 Å². The predicted molar refractivity (Wildman–Crippen MR) is 71.1 cm³/mol. The van der Waals surface area contributed by atoms with E-state index in [2.05, 4.69) is 21.0 Å². The molecule has 0 aliphatic heterocycles. The van der Waals surface area contributed by atoms with Crippen molar-refractivity contribution in [1.82, 2.24) is 9.78 Å².